The summed E-state index contributed by atoms with van der Waals surface area (Å²) in [5.41, 5.74) is -4.58. The fourth-order valence-corrected chi connectivity index (χ4v) is 4.71. The summed E-state index contributed by atoms with van der Waals surface area (Å²) in [5.74, 6) is -1.58. The van der Waals surface area contributed by atoms with Crippen LogP contribution in [0.3, 0.4) is 0 Å². The van der Waals surface area contributed by atoms with Crippen LogP contribution in [0.4, 0.5) is 26.3 Å². The van der Waals surface area contributed by atoms with Crippen LogP contribution in [0.25, 0.3) is 6.08 Å². The smallest absolute Gasteiger partial charge is 0.418 e. The predicted molar refractivity (Wildman–Crippen MR) is 126 cm³/mol. The number of ether oxygens (including phenoxy) is 2. The van der Waals surface area contributed by atoms with Crippen molar-refractivity contribution in [3.63, 3.8) is 0 Å². The third-order valence-corrected chi connectivity index (χ3v) is 6.47. The average molecular weight is 564 g/mol. The van der Waals surface area contributed by atoms with Gasteiger partial charge in [-0.1, -0.05) is 30.0 Å². The molecule has 38 heavy (non-hydrogen) atoms. The van der Waals surface area contributed by atoms with Crippen molar-refractivity contribution in [1.29, 1.82) is 0 Å². The van der Waals surface area contributed by atoms with Gasteiger partial charge in [0.2, 0.25) is 5.91 Å². The van der Waals surface area contributed by atoms with Crippen LogP contribution >= 0.6 is 11.8 Å². The number of hydrogen-bond donors (Lipinski definition) is 1. The van der Waals surface area contributed by atoms with Crippen LogP contribution in [-0.4, -0.2) is 54.8 Å². The van der Waals surface area contributed by atoms with Crippen molar-refractivity contribution in [2.75, 3.05) is 32.9 Å². The molecule has 1 saturated heterocycles. The van der Waals surface area contributed by atoms with E-state index in [2.05, 4.69) is 0 Å². The first-order chi connectivity index (χ1) is 17.9. The first-order valence-corrected chi connectivity index (χ1v) is 12.2. The third kappa shape index (κ3) is 7.90. The summed E-state index contributed by atoms with van der Waals surface area (Å²) in [6, 6.07) is 7.64. The molecule has 1 aliphatic rings. The van der Waals surface area contributed by atoms with Gasteiger partial charge in [0, 0.05) is 30.5 Å². The summed E-state index contributed by atoms with van der Waals surface area (Å²) in [6.45, 7) is 0.891. The molecule has 0 aromatic heterocycles. The largest absolute Gasteiger partial charge is 0.492 e. The highest BCUT2D eigenvalue weighted by atomic mass is 32.2. The molecular formula is C25H23F6NO5S. The first kappa shape index (κ1) is 29.4. The summed E-state index contributed by atoms with van der Waals surface area (Å²) in [5, 5.41) is 8.73. The minimum atomic E-state index is -5.38. The van der Waals surface area contributed by atoms with E-state index in [0.717, 1.165) is 24.3 Å². The molecular weight excluding hydrogens is 540 g/mol. The van der Waals surface area contributed by atoms with Gasteiger partial charge in [-0.3, -0.25) is 9.59 Å². The van der Waals surface area contributed by atoms with Crippen LogP contribution in [0.2, 0.25) is 0 Å². The standard InChI is InChI=1S/C25H23F6NO5S/c26-24(27,28)22-16(8-10-20(33)32-11-14-36-15-12-32)7-9-19(23(22)25(29,30)31)38-18-5-2-1-4-17(18)37-13-3-6-21(34)35/h1-2,4-5,7-10H,3,6,11-15H2,(H,34,35)/b10-8+. The summed E-state index contributed by atoms with van der Waals surface area (Å²) in [6.07, 6.45) is -9.25. The molecule has 3 rings (SSSR count). The highest BCUT2D eigenvalue weighted by molar-refractivity contribution is 7.99. The number of aliphatic carboxylic acids is 1. The second kappa shape index (κ2) is 12.6. The van der Waals surface area contributed by atoms with E-state index in [0.29, 0.717) is 11.8 Å². The maximum Gasteiger partial charge on any atom is 0.418 e. The first-order valence-electron chi connectivity index (χ1n) is 11.4. The number of halogens is 6. The second-order valence-corrected chi connectivity index (χ2v) is 9.15. The monoisotopic (exact) mass is 563 g/mol. The van der Waals surface area contributed by atoms with E-state index in [9.17, 15) is 35.9 Å². The number of carboxylic acids is 1. The van der Waals surface area contributed by atoms with Gasteiger partial charge in [0.1, 0.15) is 5.75 Å². The van der Waals surface area contributed by atoms with Gasteiger partial charge in [-0.2, -0.15) is 26.3 Å². The molecule has 2 aromatic rings. The number of carboxylic acid groups (broad SMARTS) is 1. The molecule has 206 valence electrons. The molecule has 13 heteroatoms. The molecule has 0 unspecified atom stereocenters. The summed E-state index contributed by atoms with van der Waals surface area (Å²) in [7, 11) is 0. The lowest BCUT2D eigenvalue weighted by Gasteiger charge is -2.25. The van der Waals surface area contributed by atoms with E-state index >= 15 is 0 Å². The van der Waals surface area contributed by atoms with E-state index in [-0.39, 0.29) is 56.4 Å². The van der Waals surface area contributed by atoms with E-state index in [4.69, 9.17) is 14.6 Å². The molecule has 0 bridgehead atoms. The number of hydrogen-bond acceptors (Lipinski definition) is 5. The van der Waals surface area contributed by atoms with Gasteiger partial charge in [0.05, 0.1) is 35.8 Å². The van der Waals surface area contributed by atoms with E-state index in [1.54, 1.807) is 0 Å². The number of carbonyl (C=O) groups is 2. The highest BCUT2D eigenvalue weighted by Crippen LogP contribution is 2.49. The molecule has 1 N–H and O–H groups in total. The van der Waals surface area contributed by atoms with Crippen LogP contribution in [0.5, 0.6) is 5.75 Å². The van der Waals surface area contributed by atoms with Crippen LogP contribution in [-0.2, 0) is 26.7 Å². The Kier molecular flexibility index (Phi) is 9.71. The van der Waals surface area contributed by atoms with Crippen LogP contribution in [0, 0.1) is 0 Å². The number of alkyl halides is 6. The summed E-state index contributed by atoms with van der Waals surface area (Å²) in [4.78, 5) is 23.7. The Hall–Kier alpha value is -3.19. The van der Waals surface area contributed by atoms with Crippen molar-refractivity contribution >= 4 is 29.7 Å². The van der Waals surface area contributed by atoms with Crippen LogP contribution in [0.1, 0.15) is 29.5 Å². The van der Waals surface area contributed by atoms with E-state index in [1.807, 2.05) is 0 Å². The fourth-order valence-electron chi connectivity index (χ4n) is 3.64. The van der Waals surface area contributed by atoms with E-state index in [1.165, 1.54) is 29.2 Å². The van der Waals surface area contributed by atoms with Crippen LogP contribution < -0.4 is 4.74 Å². The van der Waals surface area contributed by atoms with Crippen LogP contribution in [0.15, 0.2) is 52.3 Å². The molecule has 0 spiro atoms. The zero-order valence-corrected chi connectivity index (χ0v) is 20.6. The Bertz CT molecular complexity index is 1180. The lowest BCUT2D eigenvalue weighted by atomic mass is 9.99. The van der Waals surface area contributed by atoms with Gasteiger partial charge in [0.25, 0.3) is 0 Å². The molecule has 0 radical (unpaired) electrons. The Morgan fingerprint density at radius 2 is 1.63 bits per heavy atom. The quantitative estimate of drug-likeness (QED) is 0.230. The topological polar surface area (TPSA) is 76.1 Å². The van der Waals surface area contributed by atoms with Crippen molar-refractivity contribution in [3.8, 4) is 5.75 Å². The van der Waals surface area contributed by atoms with Gasteiger partial charge in [-0.15, -0.1) is 0 Å². The van der Waals surface area contributed by atoms with Crippen molar-refractivity contribution in [1.82, 2.24) is 4.90 Å². The molecule has 1 aliphatic heterocycles. The SMILES string of the molecule is O=C(O)CCCOc1ccccc1Sc1ccc(/C=C/C(=O)N2CCOCC2)c(C(F)(F)F)c1C(F)(F)F. The maximum atomic E-state index is 14.1. The molecule has 0 atom stereocenters. The zero-order valence-electron chi connectivity index (χ0n) is 19.8. The number of para-hydroxylation sites is 1. The Labute approximate surface area is 218 Å². The summed E-state index contributed by atoms with van der Waals surface area (Å²) < 4.78 is 95.1. The zero-order chi connectivity index (χ0) is 27.9. The number of benzene rings is 2. The van der Waals surface area contributed by atoms with Gasteiger partial charge < -0.3 is 19.5 Å². The molecule has 1 fully saturated rings. The molecule has 6 nitrogen and oxygen atoms in total. The number of carbonyl (C=O) groups excluding carboxylic acids is 1. The molecule has 1 heterocycles. The summed E-state index contributed by atoms with van der Waals surface area (Å²) >= 11 is 0.444. The highest BCUT2D eigenvalue weighted by Gasteiger charge is 2.46. The molecule has 2 aromatic carbocycles. The third-order valence-electron chi connectivity index (χ3n) is 5.36. The van der Waals surface area contributed by atoms with Gasteiger partial charge in [0.15, 0.2) is 0 Å². The van der Waals surface area contributed by atoms with Gasteiger partial charge in [-0.25, -0.2) is 0 Å². The average Bonchev–Trinajstić information content (AvgIpc) is 2.85. The fraction of sp³-hybridized carbons (Fsp3) is 0.360. The minimum absolute atomic E-state index is 0.0509. The van der Waals surface area contributed by atoms with Gasteiger partial charge in [-0.05, 0) is 36.3 Å². The van der Waals surface area contributed by atoms with Crippen molar-refractivity contribution in [2.45, 2.75) is 35.0 Å². The Balaban J connectivity index is 1.98. The van der Waals surface area contributed by atoms with Crippen molar-refractivity contribution in [3.05, 3.63) is 59.2 Å². The normalized spacial score (nSPS) is 14.6. The number of amides is 1. The van der Waals surface area contributed by atoms with Gasteiger partial charge >= 0.3 is 18.3 Å². The predicted octanol–water partition coefficient (Wildman–Crippen LogP) is 5.99. The number of morpholine rings is 1. The minimum Gasteiger partial charge on any atom is -0.492 e. The Morgan fingerprint density at radius 3 is 2.26 bits per heavy atom. The van der Waals surface area contributed by atoms with Crippen molar-refractivity contribution in [2.24, 2.45) is 0 Å². The molecule has 0 aliphatic carbocycles. The molecule has 0 saturated carbocycles. The lowest BCUT2D eigenvalue weighted by Crippen LogP contribution is -2.39. The Morgan fingerprint density at radius 1 is 0.974 bits per heavy atom. The number of rotatable bonds is 9. The maximum absolute atomic E-state index is 14.1. The second-order valence-electron chi connectivity index (χ2n) is 8.06. The number of nitrogens with zero attached hydrogens (tertiary/aromatic N) is 1. The van der Waals surface area contributed by atoms with E-state index < -0.39 is 45.8 Å². The van der Waals surface area contributed by atoms with Crippen molar-refractivity contribution < 1.29 is 50.5 Å². The molecule has 1 amide bonds. The lowest BCUT2D eigenvalue weighted by molar-refractivity contribution is -0.163.